The second-order valence-electron chi connectivity index (χ2n) is 6.47. The predicted molar refractivity (Wildman–Crippen MR) is 86.0 cm³/mol. The Kier molecular flexibility index (Phi) is 5.21. The van der Waals surface area contributed by atoms with Crippen molar-refractivity contribution in [3.8, 4) is 0 Å². The summed E-state index contributed by atoms with van der Waals surface area (Å²) in [6.07, 6.45) is 4.92. The van der Waals surface area contributed by atoms with E-state index in [1.54, 1.807) is 12.1 Å². The van der Waals surface area contributed by atoms with Gasteiger partial charge in [0.2, 0.25) is 0 Å². The van der Waals surface area contributed by atoms with E-state index in [1.807, 2.05) is 6.07 Å². The highest BCUT2D eigenvalue weighted by Crippen LogP contribution is 2.24. The first-order valence-electron chi connectivity index (χ1n) is 7.80. The van der Waals surface area contributed by atoms with Crippen LogP contribution < -0.4 is 5.73 Å². The molecule has 1 aromatic carbocycles. The molecule has 2 N–H and O–H groups in total. The number of hydrogen-bond acceptors (Lipinski definition) is 1. The van der Waals surface area contributed by atoms with E-state index in [9.17, 15) is 4.39 Å². The van der Waals surface area contributed by atoms with Crippen molar-refractivity contribution in [1.29, 1.82) is 0 Å². The maximum Gasteiger partial charge on any atom is 0.191 e. The van der Waals surface area contributed by atoms with E-state index in [0.717, 1.165) is 18.7 Å². The summed E-state index contributed by atoms with van der Waals surface area (Å²) in [6, 6.07) is 6.74. The molecule has 0 saturated carbocycles. The van der Waals surface area contributed by atoms with Crippen LogP contribution in [0.1, 0.15) is 45.1 Å². The summed E-state index contributed by atoms with van der Waals surface area (Å²) < 4.78 is 13.4. The molecule has 2 rings (SSSR count). The van der Waals surface area contributed by atoms with Gasteiger partial charge in [0.15, 0.2) is 5.96 Å². The third kappa shape index (κ3) is 4.45. The molecule has 1 heterocycles. The van der Waals surface area contributed by atoms with Crippen LogP contribution in [0.25, 0.3) is 0 Å². The van der Waals surface area contributed by atoms with Crippen LogP contribution in [0, 0.1) is 5.82 Å². The summed E-state index contributed by atoms with van der Waals surface area (Å²) in [5, 5.41) is 0. The Bertz CT molecular complexity index is 489. The van der Waals surface area contributed by atoms with E-state index in [0.29, 0.717) is 12.5 Å². The topological polar surface area (TPSA) is 41.6 Å². The molecule has 3 nitrogen and oxygen atoms in total. The molecule has 1 saturated heterocycles. The molecule has 4 heteroatoms. The second-order valence-corrected chi connectivity index (χ2v) is 6.47. The Hall–Kier alpha value is -1.58. The lowest BCUT2D eigenvalue weighted by molar-refractivity contribution is 0.424. The number of benzene rings is 1. The van der Waals surface area contributed by atoms with Gasteiger partial charge >= 0.3 is 0 Å². The Labute approximate surface area is 127 Å². The molecule has 1 aromatic rings. The molecule has 0 unspecified atom stereocenters. The van der Waals surface area contributed by atoms with Crippen LogP contribution in [0.5, 0.6) is 0 Å². The lowest BCUT2D eigenvalue weighted by Gasteiger charge is -2.26. The van der Waals surface area contributed by atoms with E-state index in [2.05, 4.69) is 23.7 Å². The van der Waals surface area contributed by atoms with Gasteiger partial charge in [-0.2, -0.15) is 0 Å². The molecular weight excluding hydrogens is 265 g/mol. The van der Waals surface area contributed by atoms with E-state index >= 15 is 0 Å². The maximum atomic E-state index is 13.4. The molecule has 116 valence electrons. The highest BCUT2D eigenvalue weighted by molar-refractivity contribution is 5.78. The number of halogens is 1. The van der Waals surface area contributed by atoms with Gasteiger partial charge in [-0.1, -0.05) is 38.8 Å². The summed E-state index contributed by atoms with van der Waals surface area (Å²) in [6.45, 7) is 6.70. The SMILES string of the molecule is CC(C)(CN=C(N)N1CCCCCC1)c1cccc(F)c1. The molecular formula is C17H26FN3. The van der Waals surface area contributed by atoms with Gasteiger partial charge in [-0.3, -0.25) is 4.99 Å². The number of nitrogens with two attached hydrogens (primary N) is 1. The van der Waals surface area contributed by atoms with Gasteiger partial charge in [0.1, 0.15) is 5.82 Å². The number of nitrogens with zero attached hydrogens (tertiary/aromatic N) is 2. The number of hydrogen-bond donors (Lipinski definition) is 1. The summed E-state index contributed by atoms with van der Waals surface area (Å²) in [5.41, 5.74) is 6.86. The smallest absolute Gasteiger partial charge is 0.191 e. The fourth-order valence-corrected chi connectivity index (χ4v) is 2.68. The van der Waals surface area contributed by atoms with Gasteiger partial charge < -0.3 is 10.6 Å². The van der Waals surface area contributed by atoms with Crippen LogP contribution in [0.2, 0.25) is 0 Å². The van der Waals surface area contributed by atoms with Crippen molar-refractivity contribution in [3.05, 3.63) is 35.6 Å². The van der Waals surface area contributed by atoms with Crippen LogP contribution in [0.3, 0.4) is 0 Å². The highest BCUT2D eigenvalue weighted by atomic mass is 19.1. The van der Waals surface area contributed by atoms with Crippen LogP contribution in [-0.4, -0.2) is 30.5 Å². The van der Waals surface area contributed by atoms with Gasteiger partial charge in [0.25, 0.3) is 0 Å². The third-order valence-electron chi connectivity index (χ3n) is 4.17. The number of rotatable bonds is 3. The van der Waals surface area contributed by atoms with Crippen molar-refractivity contribution in [3.63, 3.8) is 0 Å². The Balaban J connectivity index is 2.03. The van der Waals surface area contributed by atoms with Crippen molar-refractivity contribution in [2.24, 2.45) is 10.7 Å². The molecule has 0 radical (unpaired) electrons. The standard InChI is InChI=1S/C17H26FN3/c1-17(2,14-8-7-9-15(18)12-14)13-20-16(19)21-10-5-3-4-6-11-21/h7-9,12H,3-6,10-11,13H2,1-2H3,(H2,19,20). The van der Waals surface area contributed by atoms with Gasteiger partial charge in [0.05, 0.1) is 6.54 Å². The van der Waals surface area contributed by atoms with E-state index in [1.165, 1.54) is 31.7 Å². The second kappa shape index (κ2) is 6.92. The molecule has 1 aliphatic heterocycles. The molecule has 1 aliphatic rings. The zero-order chi connectivity index (χ0) is 15.3. The van der Waals surface area contributed by atoms with Gasteiger partial charge in [-0.15, -0.1) is 0 Å². The molecule has 0 aliphatic carbocycles. The first-order valence-corrected chi connectivity index (χ1v) is 7.80. The fourth-order valence-electron chi connectivity index (χ4n) is 2.68. The zero-order valence-corrected chi connectivity index (χ0v) is 13.1. The van der Waals surface area contributed by atoms with Crippen LogP contribution in [0.15, 0.2) is 29.3 Å². The summed E-state index contributed by atoms with van der Waals surface area (Å²) in [4.78, 5) is 6.74. The minimum atomic E-state index is -0.224. The van der Waals surface area contributed by atoms with Crippen LogP contribution in [-0.2, 0) is 5.41 Å². The van der Waals surface area contributed by atoms with Crippen molar-refractivity contribution >= 4 is 5.96 Å². The van der Waals surface area contributed by atoms with Crippen molar-refractivity contribution in [2.75, 3.05) is 19.6 Å². The molecule has 0 amide bonds. The van der Waals surface area contributed by atoms with E-state index < -0.39 is 0 Å². The third-order valence-corrected chi connectivity index (χ3v) is 4.17. The lowest BCUT2D eigenvalue weighted by Crippen LogP contribution is -2.39. The van der Waals surface area contributed by atoms with Crippen molar-refractivity contribution < 1.29 is 4.39 Å². The van der Waals surface area contributed by atoms with E-state index in [4.69, 9.17) is 5.73 Å². The molecule has 0 spiro atoms. The highest BCUT2D eigenvalue weighted by Gasteiger charge is 2.21. The Morgan fingerprint density at radius 3 is 2.52 bits per heavy atom. The monoisotopic (exact) mass is 291 g/mol. The summed E-state index contributed by atoms with van der Waals surface area (Å²) in [7, 11) is 0. The fraction of sp³-hybridized carbons (Fsp3) is 0.588. The van der Waals surface area contributed by atoms with Crippen LogP contribution >= 0.6 is 0 Å². The number of likely N-dealkylation sites (tertiary alicyclic amines) is 1. The maximum absolute atomic E-state index is 13.4. The molecule has 1 fully saturated rings. The largest absolute Gasteiger partial charge is 0.370 e. The molecule has 0 atom stereocenters. The zero-order valence-electron chi connectivity index (χ0n) is 13.1. The minimum Gasteiger partial charge on any atom is -0.370 e. The first-order chi connectivity index (χ1) is 9.99. The first kappa shape index (κ1) is 15.8. The normalized spacial score (nSPS) is 17.7. The molecule has 0 bridgehead atoms. The summed E-state index contributed by atoms with van der Waals surface area (Å²) >= 11 is 0. The van der Waals surface area contributed by atoms with Gasteiger partial charge in [-0.05, 0) is 30.5 Å². The minimum absolute atomic E-state index is 0.204. The molecule has 21 heavy (non-hydrogen) atoms. The number of aliphatic imine (C=N–C) groups is 1. The molecule has 0 aromatic heterocycles. The Morgan fingerprint density at radius 1 is 1.24 bits per heavy atom. The van der Waals surface area contributed by atoms with Crippen molar-refractivity contribution in [1.82, 2.24) is 4.90 Å². The predicted octanol–water partition coefficient (Wildman–Crippen LogP) is 3.29. The van der Waals surface area contributed by atoms with Crippen molar-refractivity contribution in [2.45, 2.75) is 44.9 Å². The number of guanidine groups is 1. The average Bonchev–Trinajstić information content (AvgIpc) is 2.74. The van der Waals surface area contributed by atoms with E-state index in [-0.39, 0.29) is 11.2 Å². The average molecular weight is 291 g/mol. The summed E-state index contributed by atoms with van der Waals surface area (Å²) in [5.74, 6) is 0.423. The Morgan fingerprint density at radius 2 is 1.90 bits per heavy atom. The lowest BCUT2D eigenvalue weighted by atomic mass is 9.85. The van der Waals surface area contributed by atoms with Gasteiger partial charge in [-0.25, -0.2) is 4.39 Å². The van der Waals surface area contributed by atoms with Gasteiger partial charge in [0, 0.05) is 18.5 Å². The quantitative estimate of drug-likeness (QED) is 0.686. The van der Waals surface area contributed by atoms with Crippen LogP contribution in [0.4, 0.5) is 4.39 Å².